The molecule has 0 fully saturated rings. The highest BCUT2D eigenvalue weighted by atomic mass is 35.5. The maximum absolute atomic E-state index is 13.2. The van der Waals surface area contributed by atoms with E-state index in [1.807, 2.05) is 31.2 Å². The first-order chi connectivity index (χ1) is 9.08. The number of hydrogen-bond donors (Lipinski definition) is 1. The van der Waals surface area contributed by atoms with E-state index in [-0.39, 0.29) is 11.9 Å². The molecular weight excluding hydrogens is 261 g/mol. The van der Waals surface area contributed by atoms with E-state index in [2.05, 4.69) is 12.2 Å². The fraction of sp³-hybridized carbons (Fsp3) is 0.250. The molecule has 2 aromatic rings. The van der Waals surface area contributed by atoms with Crippen LogP contribution in [-0.2, 0) is 6.54 Å². The zero-order chi connectivity index (χ0) is 13.8. The SMILES string of the molecule is Cc1ccc(F)cc1CN[C@@H](C)c1ccccc1Cl. The monoisotopic (exact) mass is 277 g/mol. The van der Waals surface area contributed by atoms with Crippen LogP contribution < -0.4 is 5.32 Å². The Balaban J connectivity index is 2.06. The quantitative estimate of drug-likeness (QED) is 0.858. The summed E-state index contributed by atoms with van der Waals surface area (Å²) in [7, 11) is 0. The third-order valence-corrected chi connectivity index (χ3v) is 3.63. The number of halogens is 2. The molecule has 1 N–H and O–H groups in total. The molecule has 0 radical (unpaired) electrons. The van der Waals surface area contributed by atoms with Gasteiger partial charge in [0.15, 0.2) is 0 Å². The van der Waals surface area contributed by atoms with Crippen molar-refractivity contribution < 1.29 is 4.39 Å². The lowest BCUT2D eigenvalue weighted by atomic mass is 10.1. The third kappa shape index (κ3) is 3.55. The Hall–Kier alpha value is -1.38. The number of nitrogens with one attached hydrogen (secondary N) is 1. The van der Waals surface area contributed by atoms with Gasteiger partial charge in [-0.25, -0.2) is 4.39 Å². The van der Waals surface area contributed by atoms with Crippen molar-refractivity contribution in [1.82, 2.24) is 5.32 Å². The minimum Gasteiger partial charge on any atom is -0.306 e. The highest BCUT2D eigenvalue weighted by Crippen LogP contribution is 2.22. The van der Waals surface area contributed by atoms with E-state index < -0.39 is 0 Å². The van der Waals surface area contributed by atoms with Crippen LogP contribution in [0, 0.1) is 12.7 Å². The van der Waals surface area contributed by atoms with Crippen molar-refractivity contribution in [2.24, 2.45) is 0 Å². The third-order valence-electron chi connectivity index (χ3n) is 3.28. The van der Waals surface area contributed by atoms with Gasteiger partial charge in [-0.1, -0.05) is 35.9 Å². The maximum atomic E-state index is 13.2. The number of aryl methyl sites for hydroxylation is 1. The van der Waals surface area contributed by atoms with Crippen LogP contribution in [0.15, 0.2) is 42.5 Å². The van der Waals surface area contributed by atoms with Crippen molar-refractivity contribution in [3.8, 4) is 0 Å². The van der Waals surface area contributed by atoms with E-state index >= 15 is 0 Å². The Bertz CT molecular complexity index is 568. The summed E-state index contributed by atoms with van der Waals surface area (Å²) in [6.07, 6.45) is 0. The van der Waals surface area contributed by atoms with Crippen LogP contribution >= 0.6 is 11.6 Å². The van der Waals surface area contributed by atoms with Gasteiger partial charge in [0.05, 0.1) is 0 Å². The van der Waals surface area contributed by atoms with Crippen LogP contribution in [0.2, 0.25) is 5.02 Å². The Labute approximate surface area is 118 Å². The van der Waals surface area contributed by atoms with E-state index in [9.17, 15) is 4.39 Å². The lowest BCUT2D eigenvalue weighted by Crippen LogP contribution is -2.19. The molecule has 2 aromatic carbocycles. The summed E-state index contributed by atoms with van der Waals surface area (Å²) in [5.74, 6) is -0.201. The maximum Gasteiger partial charge on any atom is 0.123 e. The first kappa shape index (κ1) is 14.0. The average Bonchev–Trinajstić information content (AvgIpc) is 2.40. The standard InChI is InChI=1S/C16H17ClFN/c1-11-7-8-14(18)9-13(11)10-19-12(2)15-5-3-4-6-16(15)17/h3-9,12,19H,10H2,1-2H3/t12-/m0/s1. The van der Waals surface area contributed by atoms with E-state index in [1.54, 1.807) is 12.1 Å². The van der Waals surface area contributed by atoms with Crippen LogP contribution in [0.25, 0.3) is 0 Å². The molecule has 1 atom stereocenters. The van der Waals surface area contributed by atoms with Crippen LogP contribution in [-0.4, -0.2) is 0 Å². The minimum atomic E-state index is -0.201. The number of hydrogen-bond acceptors (Lipinski definition) is 1. The van der Waals surface area contributed by atoms with Gasteiger partial charge in [0.1, 0.15) is 5.82 Å². The molecule has 0 unspecified atom stereocenters. The van der Waals surface area contributed by atoms with E-state index in [0.29, 0.717) is 6.54 Å². The highest BCUT2D eigenvalue weighted by molar-refractivity contribution is 6.31. The molecule has 3 heteroatoms. The highest BCUT2D eigenvalue weighted by Gasteiger charge is 2.09. The first-order valence-electron chi connectivity index (χ1n) is 6.31. The van der Waals surface area contributed by atoms with E-state index in [1.165, 1.54) is 6.07 Å². The lowest BCUT2D eigenvalue weighted by Gasteiger charge is -2.16. The minimum absolute atomic E-state index is 0.122. The molecular formula is C16H17ClFN. The fourth-order valence-corrected chi connectivity index (χ4v) is 2.33. The van der Waals surface area contributed by atoms with E-state index in [0.717, 1.165) is 21.7 Å². The summed E-state index contributed by atoms with van der Waals surface area (Å²) in [6.45, 7) is 4.66. The van der Waals surface area contributed by atoms with Gasteiger partial charge >= 0.3 is 0 Å². The van der Waals surface area contributed by atoms with Crippen molar-refractivity contribution in [2.75, 3.05) is 0 Å². The molecule has 0 aliphatic heterocycles. The Morgan fingerprint density at radius 2 is 1.95 bits per heavy atom. The number of rotatable bonds is 4. The second kappa shape index (κ2) is 6.18. The van der Waals surface area contributed by atoms with E-state index in [4.69, 9.17) is 11.6 Å². The topological polar surface area (TPSA) is 12.0 Å². The molecule has 2 rings (SSSR count). The van der Waals surface area contributed by atoms with Gasteiger partial charge in [-0.05, 0) is 48.7 Å². The fourth-order valence-electron chi connectivity index (χ4n) is 2.03. The zero-order valence-electron chi connectivity index (χ0n) is 11.1. The van der Waals surface area contributed by atoms with Gasteiger partial charge in [0.2, 0.25) is 0 Å². The van der Waals surface area contributed by atoms with Crippen molar-refractivity contribution in [1.29, 1.82) is 0 Å². The van der Waals surface area contributed by atoms with Gasteiger partial charge in [-0.15, -0.1) is 0 Å². The molecule has 0 spiro atoms. The molecule has 0 aliphatic rings. The lowest BCUT2D eigenvalue weighted by molar-refractivity contribution is 0.568. The van der Waals surface area contributed by atoms with Crippen molar-refractivity contribution in [3.63, 3.8) is 0 Å². The summed E-state index contributed by atoms with van der Waals surface area (Å²) in [4.78, 5) is 0. The van der Waals surface area contributed by atoms with Gasteiger partial charge in [-0.2, -0.15) is 0 Å². The molecule has 1 nitrogen and oxygen atoms in total. The normalized spacial score (nSPS) is 12.4. The second-order valence-electron chi connectivity index (χ2n) is 4.69. The summed E-state index contributed by atoms with van der Waals surface area (Å²) >= 11 is 6.16. The summed E-state index contributed by atoms with van der Waals surface area (Å²) < 4.78 is 13.2. The van der Waals surface area contributed by atoms with Crippen molar-refractivity contribution in [2.45, 2.75) is 26.4 Å². The second-order valence-corrected chi connectivity index (χ2v) is 5.10. The van der Waals surface area contributed by atoms with Gasteiger partial charge in [0.25, 0.3) is 0 Å². The van der Waals surface area contributed by atoms with Crippen molar-refractivity contribution in [3.05, 3.63) is 70.0 Å². The average molecular weight is 278 g/mol. The smallest absolute Gasteiger partial charge is 0.123 e. The molecule has 0 heterocycles. The van der Waals surface area contributed by atoms with Crippen LogP contribution in [0.4, 0.5) is 4.39 Å². The Morgan fingerprint density at radius 3 is 2.68 bits per heavy atom. The van der Waals surface area contributed by atoms with Crippen molar-refractivity contribution >= 4 is 11.6 Å². The zero-order valence-corrected chi connectivity index (χ0v) is 11.8. The van der Waals surface area contributed by atoms with Gasteiger partial charge in [-0.3, -0.25) is 0 Å². The van der Waals surface area contributed by atoms with Gasteiger partial charge < -0.3 is 5.32 Å². The Kier molecular flexibility index (Phi) is 4.56. The summed E-state index contributed by atoms with van der Waals surface area (Å²) in [6, 6.07) is 12.7. The van der Waals surface area contributed by atoms with Crippen LogP contribution in [0.3, 0.4) is 0 Å². The molecule has 0 saturated heterocycles. The largest absolute Gasteiger partial charge is 0.306 e. The predicted molar refractivity (Wildman–Crippen MR) is 77.8 cm³/mol. The molecule has 0 saturated carbocycles. The molecule has 19 heavy (non-hydrogen) atoms. The summed E-state index contributed by atoms with van der Waals surface area (Å²) in [5.41, 5.74) is 3.11. The molecule has 0 bridgehead atoms. The van der Waals surface area contributed by atoms with Gasteiger partial charge in [0, 0.05) is 17.6 Å². The molecule has 0 aliphatic carbocycles. The first-order valence-corrected chi connectivity index (χ1v) is 6.68. The van der Waals surface area contributed by atoms with Crippen LogP contribution in [0.1, 0.15) is 29.7 Å². The molecule has 100 valence electrons. The number of benzene rings is 2. The van der Waals surface area contributed by atoms with Crippen LogP contribution in [0.5, 0.6) is 0 Å². The summed E-state index contributed by atoms with van der Waals surface area (Å²) in [5, 5.41) is 4.12. The predicted octanol–water partition coefficient (Wildman–Crippen LogP) is 4.64. The Morgan fingerprint density at radius 1 is 1.21 bits per heavy atom. The molecule has 0 amide bonds. The molecule has 0 aromatic heterocycles.